The normalized spacial score (nSPS) is 16.2. The van der Waals surface area contributed by atoms with Crippen molar-refractivity contribution in [1.82, 2.24) is 0 Å². The third-order valence-electron chi connectivity index (χ3n) is 8.53. The Morgan fingerprint density at radius 3 is 1.16 bits per heavy atom. The van der Waals surface area contributed by atoms with E-state index in [0.717, 1.165) is 25.7 Å². The van der Waals surface area contributed by atoms with Crippen LogP contribution in [0.25, 0.3) is 0 Å². The average molecular weight is 555 g/mol. The largest absolute Gasteiger partial charge is 0.575 e. The molecule has 0 radical (unpaired) electrons. The minimum atomic E-state index is -1.66. The van der Waals surface area contributed by atoms with Crippen LogP contribution in [0.1, 0.15) is 121 Å². The summed E-state index contributed by atoms with van der Waals surface area (Å²) in [4.78, 5) is 0. The summed E-state index contributed by atoms with van der Waals surface area (Å²) in [6, 6.07) is 7.10. The lowest BCUT2D eigenvalue weighted by Crippen LogP contribution is -2.45. The van der Waals surface area contributed by atoms with Gasteiger partial charge in [0, 0.05) is 0 Å². The Hall–Kier alpha value is -0.501. The smallest absolute Gasteiger partial charge is 0.535 e. The van der Waals surface area contributed by atoms with Gasteiger partial charge < -0.3 is 18.2 Å². The first-order chi connectivity index (χ1) is 17.6. The Morgan fingerprint density at radius 1 is 0.568 bits per heavy atom. The molecule has 0 aromatic heterocycles. The molecular weight excluding hydrogens is 491 g/mol. The van der Waals surface area contributed by atoms with E-state index in [0.29, 0.717) is 0 Å². The molecule has 0 aliphatic heterocycles. The maximum atomic E-state index is 6.93. The van der Waals surface area contributed by atoms with E-state index in [-0.39, 0.29) is 18.9 Å². The molecule has 0 rings (SSSR count). The molecule has 0 saturated heterocycles. The molecule has 0 spiro atoms. The molecule has 2 unspecified atom stereocenters. The highest BCUT2D eigenvalue weighted by molar-refractivity contribution is 6.74. The van der Waals surface area contributed by atoms with Crippen LogP contribution in [0.15, 0.2) is 24.7 Å². The molecule has 0 saturated carbocycles. The molecule has 0 bridgehead atoms. The molecule has 37 heavy (non-hydrogen) atoms. The second kappa shape index (κ2) is 19.5. The number of hydrogen-bond acceptors (Lipinski definition) is 4. The van der Waals surface area contributed by atoms with E-state index in [2.05, 4.69) is 81.4 Å². The second-order valence-electron chi connectivity index (χ2n) is 11.4. The van der Waals surface area contributed by atoms with Gasteiger partial charge in [-0.2, -0.15) is 0 Å². The summed E-state index contributed by atoms with van der Waals surface area (Å²) in [7, 11) is -3.09. The molecule has 4 nitrogen and oxygen atoms in total. The SMILES string of the molecule is CCCCC(C)(CC=COBOC=CCC(C)(CCCC)O[Si](CC)(CC)CC)O[Si](CC)(CC)CC. The van der Waals surface area contributed by atoms with Crippen LogP contribution < -0.4 is 0 Å². The Bertz CT molecular complexity index is 554. The van der Waals surface area contributed by atoms with Crippen molar-refractivity contribution in [2.24, 2.45) is 0 Å². The topological polar surface area (TPSA) is 36.9 Å². The van der Waals surface area contributed by atoms with Gasteiger partial charge in [0.05, 0.1) is 23.7 Å². The molecule has 0 heterocycles. The van der Waals surface area contributed by atoms with Crippen LogP contribution in [0.2, 0.25) is 36.3 Å². The van der Waals surface area contributed by atoms with E-state index in [1.54, 1.807) is 12.5 Å². The van der Waals surface area contributed by atoms with E-state index >= 15 is 0 Å². The first kappa shape index (κ1) is 36.5. The molecule has 0 aromatic carbocycles. The summed E-state index contributed by atoms with van der Waals surface area (Å²) < 4.78 is 25.2. The Balaban J connectivity index is 4.84. The van der Waals surface area contributed by atoms with Crippen molar-refractivity contribution in [3.05, 3.63) is 24.7 Å². The maximum absolute atomic E-state index is 6.93. The molecular formula is C30H63BO4Si2. The van der Waals surface area contributed by atoms with Crippen molar-refractivity contribution in [3.63, 3.8) is 0 Å². The predicted molar refractivity (Wildman–Crippen MR) is 169 cm³/mol. The summed E-state index contributed by atoms with van der Waals surface area (Å²) >= 11 is 0. The van der Waals surface area contributed by atoms with Gasteiger partial charge in [0.15, 0.2) is 16.6 Å². The molecule has 7 heteroatoms. The molecule has 0 aromatic rings. The van der Waals surface area contributed by atoms with Crippen molar-refractivity contribution in [2.75, 3.05) is 0 Å². The van der Waals surface area contributed by atoms with Crippen LogP contribution in [0.4, 0.5) is 0 Å². The van der Waals surface area contributed by atoms with Crippen molar-refractivity contribution in [3.8, 4) is 0 Å². The van der Waals surface area contributed by atoms with Gasteiger partial charge >= 0.3 is 7.69 Å². The summed E-state index contributed by atoms with van der Waals surface area (Å²) in [5, 5.41) is 0. The van der Waals surface area contributed by atoms with Crippen molar-refractivity contribution in [2.45, 2.75) is 168 Å². The van der Waals surface area contributed by atoms with E-state index in [1.807, 2.05) is 0 Å². The fourth-order valence-corrected chi connectivity index (χ4v) is 11.6. The van der Waals surface area contributed by atoms with Gasteiger partial charge in [-0.1, -0.05) is 81.1 Å². The number of rotatable bonds is 24. The maximum Gasteiger partial charge on any atom is 0.575 e. The van der Waals surface area contributed by atoms with E-state index in [9.17, 15) is 0 Å². The molecule has 0 N–H and O–H groups in total. The second-order valence-corrected chi connectivity index (χ2v) is 20.8. The van der Waals surface area contributed by atoms with Gasteiger partial charge in [-0.15, -0.1) is 0 Å². The highest BCUT2D eigenvalue weighted by atomic mass is 28.4. The van der Waals surface area contributed by atoms with Gasteiger partial charge in [-0.05, 0) is 87.9 Å². The van der Waals surface area contributed by atoms with E-state index < -0.39 is 16.6 Å². The molecule has 218 valence electrons. The zero-order valence-corrected chi connectivity index (χ0v) is 28.5. The summed E-state index contributed by atoms with van der Waals surface area (Å²) in [6.45, 7) is 22.9. The lowest BCUT2D eigenvalue weighted by molar-refractivity contribution is 0.0659. The molecule has 0 fully saturated rings. The van der Waals surface area contributed by atoms with Crippen molar-refractivity contribution in [1.29, 1.82) is 0 Å². The van der Waals surface area contributed by atoms with Gasteiger partial charge in [0.25, 0.3) is 0 Å². The number of hydrogen-bond donors (Lipinski definition) is 0. The Kier molecular flexibility index (Phi) is 19.3. The van der Waals surface area contributed by atoms with Crippen LogP contribution in [-0.2, 0) is 18.2 Å². The molecule has 0 aliphatic carbocycles. The summed E-state index contributed by atoms with van der Waals surface area (Å²) in [5.41, 5.74) is -0.219. The van der Waals surface area contributed by atoms with E-state index in [4.69, 9.17) is 18.2 Å². The first-order valence-electron chi connectivity index (χ1n) is 15.5. The van der Waals surface area contributed by atoms with Gasteiger partial charge in [0.2, 0.25) is 0 Å². The lowest BCUT2D eigenvalue weighted by Gasteiger charge is -2.40. The third kappa shape index (κ3) is 13.9. The van der Waals surface area contributed by atoms with Crippen LogP contribution in [0, 0.1) is 0 Å². The van der Waals surface area contributed by atoms with Gasteiger partial charge in [-0.25, -0.2) is 0 Å². The predicted octanol–water partition coefficient (Wildman–Crippen LogP) is 10.0. The monoisotopic (exact) mass is 554 g/mol. The number of unbranched alkanes of at least 4 members (excludes halogenated alkanes) is 2. The standard InChI is InChI=1S/C30H63BO4Si2/c1-11-19-23-29(9,34-36(13-3,14-4)15-5)25-21-27-32-31-33-28-22-26-30(10,24-20-12-2)35-37(16-6,17-7)18-8/h21-22,27-28,31H,11-20,23-26H2,1-10H3. The summed E-state index contributed by atoms with van der Waals surface area (Å²) in [6.07, 6.45) is 16.5. The van der Waals surface area contributed by atoms with Crippen LogP contribution in [0.3, 0.4) is 0 Å². The molecule has 0 aliphatic rings. The highest BCUT2D eigenvalue weighted by Gasteiger charge is 2.38. The van der Waals surface area contributed by atoms with Gasteiger partial charge in [0.1, 0.15) is 0 Å². The van der Waals surface area contributed by atoms with E-state index in [1.165, 1.54) is 61.9 Å². The fraction of sp³-hybridized carbons (Fsp3) is 0.867. The first-order valence-corrected chi connectivity index (χ1v) is 20.6. The fourth-order valence-electron chi connectivity index (χ4n) is 5.32. The highest BCUT2D eigenvalue weighted by Crippen LogP contribution is 2.34. The zero-order chi connectivity index (χ0) is 28.3. The quantitative estimate of drug-likeness (QED) is 0.0676. The Morgan fingerprint density at radius 2 is 0.892 bits per heavy atom. The Labute approximate surface area is 234 Å². The van der Waals surface area contributed by atoms with Crippen LogP contribution in [0.5, 0.6) is 0 Å². The molecule has 2 atom stereocenters. The lowest BCUT2D eigenvalue weighted by atomic mass is 9.95. The zero-order valence-electron chi connectivity index (χ0n) is 26.5. The summed E-state index contributed by atoms with van der Waals surface area (Å²) in [5.74, 6) is 0. The third-order valence-corrected chi connectivity index (χ3v) is 18.1. The van der Waals surface area contributed by atoms with Crippen molar-refractivity contribution < 1.29 is 18.2 Å². The minimum Gasteiger partial charge on any atom is -0.535 e. The van der Waals surface area contributed by atoms with Gasteiger partial charge in [-0.3, -0.25) is 0 Å². The average Bonchev–Trinajstić information content (AvgIpc) is 2.92. The molecule has 0 amide bonds. The van der Waals surface area contributed by atoms with Crippen LogP contribution >= 0.6 is 0 Å². The van der Waals surface area contributed by atoms with Crippen LogP contribution in [-0.4, -0.2) is 35.5 Å². The van der Waals surface area contributed by atoms with Crippen molar-refractivity contribution >= 4 is 24.3 Å². The minimum absolute atomic E-state index is 0.109.